The van der Waals surface area contributed by atoms with E-state index in [1.807, 2.05) is 6.07 Å². The van der Waals surface area contributed by atoms with E-state index in [0.29, 0.717) is 36.2 Å². The van der Waals surface area contributed by atoms with Crippen LogP contribution in [-0.2, 0) is 14.6 Å². The predicted molar refractivity (Wildman–Crippen MR) is 72.5 cm³/mol. The molecule has 2 aliphatic rings. The van der Waals surface area contributed by atoms with Crippen LogP contribution in [0.1, 0.15) is 32.6 Å². The second-order valence-electron chi connectivity index (χ2n) is 5.34. The van der Waals surface area contributed by atoms with Gasteiger partial charge in [-0.2, -0.15) is 0 Å². The molecule has 0 amide bonds. The van der Waals surface area contributed by atoms with Gasteiger partial charge < -0.3 is 0 Å². The lowest BCUT2D eigenvalue weighted by Gasteiger charge is -2.18. The van der Waals surface area contributed by atoms with E-state index in [1.54, 1.807) is 31.2 Å². The molecular formula is C15H16O3S. The van der Waals surface area contributed by atoms with Crippen LogP contribution < -0.4 is 0 Å². The molecule has 0 radical (unpaired) electrons. The number of benzene rings is 1. The number of sulfone groups is 1. The lowest BCUT2D eigenvalue weighted by molar-refractivity contribution is -0.114. The second-order valence-corrected chi connectivity index (χ2v) is 7.60. The lowest BCUT2D eigenvalue weighted by atomic mass is 10.1. The molecule has 0 aromatic heterocycles. The fraction of sp³-hybridized carbons (Fsp3) is 0.400. The molecule has 0 unspecified atom stereocenters. The van der Waals surface area contributed by atoms with Crippen molar-refractivity contribution in [2.45, 2.75) is 42.2 Å². The first kappa shape index (κ1) is 12.6. The fourth-order valence-electron chi connectivity index (χ4n) is 3.02. The first-order valence-electron chi connectivity index (χ1n) is 6.52. The maximum atomic E-state index is 12.8. The van der Waals surface area contributed by atoms with Gasteiger partial charge in [-0.1, -0.05) is 18.2 Å². The van der Waals surface area contributed by atoms with E-state index < -0.39 is 14.6 Å². The van der Waals surface area contributed by atoms with Gasteiger partial charge >= 0.3 is 0 Å². The van der Waals surface area contributed by atoms with Gasteiger partial charge in [-0.25, -0.2) is 8.42 Å². The molecule has 3 nitrogen and oxygen atoms in total. The van der Waals surface area contributed by atoms with Crippen molar-refractivity contribution in [3.8, 4) is 0 Å². The number of hydrogen-bond donors (Lipinski definition) is 0. The first-order chi connectivity index (χ1) is 8.99. The van der Waals surface area contributed by atoms with Gasteiger partial charge in [-0.05, 0) is 49.5 Å². The minimum atomic E-state index is -3.38. The zero-order valence-electron chi connectivity index (χ0n) is 10.8. The van der Waals surface area contributed by atoms with Gasteiger partial charge in [0.1, 0.15) is 0 Å². The Morgan fingerprint density at radius 3 is 2.16 bits per heavy atom. The van der Waals surface area contributed by atoms with E-state index in [9.17, 15) is 13.2 Å². The summed E-state index contributed by atoms with van der Waals surface area (Å²) in [5.74, 6) is 0.101. The van der Waals surface area contributed by atoms with Gasteiger partial charge in [-0.3, -0.25) is 4.79 Å². The van der Waals surface area contributed by atoms with Crippen LogP contribution in [0.25, 0.3) is 0 Å². The van der Waals surface area contributed by atoms with Crippen LogP contribution in [0.3, 0.4) is 0 Å². The molecule has 0 bridgehead atoms. The van der Waals surface area contributed by atoms with E-state index in [-0.39, 0.29) is 5.78 Å². The molecule has 0 N–H and O–H groups in total. The minimum absolute atomic E-state index is 0.101. The van der Waals surface area contributed by atoms with Crippen LogP contribution in [0, 0.1) is 0 Å². The Morgan fingerprint density at radius 1 is 1.05 bits per heavy atom. The predicted octanol–water partition coefficient (Wildman–Crippen LogP) is 2.67. The third-order valence-electron chi connectivity index (χ3n) is 4.29. The highest BCUT2D eigenvalue weighted by atomic mass is 32.2. The van der Waals surface area contributed by atoms with Crippen LogP contribution in [0.5, 0.6) is 0 Å². The molecule has 1 fully saturated rings. The van der Waals surface area contributed by atoms with Gasteiger partial charge in [-0.15, -0.1) is 0 Å². The summed E-state index contributed by atoms with van der Waals surface area (Å²) in [7, 11) is -3.38. The topological polar surface area (TPSA) is 51.2 Å². The number of hydrogen-bond acceptors (Lipinski definition) is 3. The van der Waals surface area contributed by atoms with E-state index in [0.717, 1.165) is 5.57 Å². The standard InChI is InChI=1S/C15H16O3S/c1-11-13(7-8-14(11)16)15(9-10-15)19(17,18)12-5-3-2-4-6-12/h2-6H,7-10H2,1H3. The summed E-state index contributed by atoms with van der Waals surface area (Å²) in [6.07, 6.45) is 2.36. The van der Waals surface area contributed by atoms with Gasteiger partial charge in [0, 0.05) is 6.42 Å². The number of carbonyl (C=O) groups is 1. The summed E-state index contributed by atoms with van der Waals surface area (Å²) in [4.78, 5) is 12.0. The maximum absolute atomic E-state index is 12.8. The molecule has 4 heteroatoms. The van der Waals surface area contributed by atoms with Crippen molar-refractivity contribution in [1.29, 1.82) is 0 Å². The fourth-order valence-corrected chi connectivity index (χ4v) is 5.21. The Kier molecular flexibility index (Phi) is 2.68. The monoisotopic (exact) mass is 276 g/mol. The Hall–Kier alpha value is -1.42. The van der Waals surface area contributed by atoms with Crippen molar-refractivity contribution < 1.29 is 13.2 Å². The Morgan fingerprint density at radius 2 is 1.68 bits per heavy atom. The molecule has 1 aromatic rings. The molecule has 1 saturated carbocycles. The molecule has 0 heterocycles. The third-order valence-corrected chi connectivity index (χ3v) is 6.87. The molecular weight excluding hydrogens is 260 g/mol. The molecule has 19 heavy (non-hydrogen) atoms. The minimum Gasteiger partial charge on any atom is -0.295 e. The van der Waals surface area contributed by atoms with E-state index >= 15 is 0 Å². The molecule has 3 rings (SSSR count). The van der Waals surface area contributed by atoms with Crippen molar-refractivity contribution in [3.05, 3.63) is 41.5 Å². The molecule has 0 atom stereocenters. The van der Waals surface area contributed by atoms with Crippen molar-refractivity contribution in [3.63, 3.8) is 0 Å². The lowest BCUT2D eigenvalue weighted by Crippen LogP contribution is -2.26. The van der Waals surface area contributed by atoms with E-state index in [1.165, 1.54) is 0 Å². The van der Waals surface area contributed by atoms with Gasteiger partial charge in [0.05, 0.1) is 9.64 Å². The first-order valence-corrected chi connectivity index (χ1v) is 8.00. The van der Waals surface area contributed by atoms with Crippen LogP contribution in [0.4, 0.5) is 0 Å². The van der Waals surface area contributed by atoms with Crippen molar-refractivity contribution in [2.75, 3.05) is 0 Å². The van der Waals surface area contributed by atoms with Crippen LogP contribution in [-0.4, -0.2) is 18.9 Å². The molecule has 1 aromatic carbocycles. The van der Waals surface area contributed by atoms with Gasteiger partial charge in [0.25, 0.3) is 0 Å². The zero-order valence-corrected chi connectivity index (χ0v) is 11.7. The Balaban J connectivity index is 2.10. The largest absolute Gasteiger partial charge is 0.295 e. The zero-order chi connectivity index (χ0) is 13.7. The second kappa shape index (κ2) is 4.04. The summed E-state index contributed by atoms with van der Waals surface area (Å²) in [6.45, 7) is 1.77. The molecule has 2 aliphatic carbocycles. The molecule has 0 saturated heterocycles. The third kappa shape index (κ3) is 1.70. The van der Waals surface area contributed by atoms with Crippen molar-refractivity contribution in [2.24, 2.45) is 0 Å². The van der Waals surface area contributed by atoms with E-state index in [2.05, 4.69) is 0 Å². The average molecular weight is 276 g/mol. The number of rotatable bonds is 3. The van der Waals surface area contributed by atoms with Gasteiger partial charge in [0.2, 0.25) is 0 Å². The molecule has 100 valence electrons. The van der Waals surface area contributed by atoms with Crippen LogP contribution in [0.15, 0.2) is 46.4 Å². The highest BCUT2D eigenvalue weighted by Gasteiger charge is 2.58. The SMILES string of the molecule is CC1=C(C2(S(=O)(=O)c3ccccc3)CC2)CCC1=O. The van der Waals surface area contributed by atoms with E-state index in [4.69, 9.17) is 0 Å². The smallest absolute Gasteiger partial charge is 0.187 e. The Bertz CT molecular complexity index is 665. The number of carbonyl (C=O) groups excluding carboxylic acids is 1. The summed E-state index contributed by atoms with van der Waals surface area (Å²) >= 11 is 0. The highest BCUT2D eigenvalue weighted by Crippen LogP contribution is 2.55. The number of Topliss-reactive ketones (excluding diaryl/α,β-unsaturated/α-hetero) is 1. The van der Waals surface area contributed by atoms with Gasteiger partial charge in [0.15, 0.2) is 15.6 Å². The summed E-state index contributed by atoms with van der Waals surface area (Å²) in [5, 5.41) is 0. The average Bonchev–Trinajstić information content (AvgIpc) is 3.15. The molecule has 0 aliphatic heterocycles. The molecule has 0 spiro atoms. The summed E-state index contributed by atoms with van der Waals surface area (Å²) < 4.78 is 24.8. The van der Waals surface area contributed by atoms with Crippen LogP contribution >= 0.6 is 0 Å². The normalized spacial score (nSPS) is 21.8. The highest BCUT2D eigenvalue weighted by molar-refractivity contribution is 7.93. The summed E-state index contributed by atoms with van der Waals surface area (Å²) in [5.41, 5.74) is 1.54. The van der Waals surface area contributed by atoms with Crippen LogP contribution in [0.2, 0.25) is 0 Å². The number of allylic oxidation sites excluding steroid dienone is 1. The maximum Gasteiger partial charge on any atom is 0.187 e. The number of ketones is 1. The quantitative estimate of drug-likeness (QED) is 0.853. The summed E-state index contributed by atoms with van der Waals surface area (Å²) in [6, 6.07) is 8.57. The van der Waals surface area contributed by atoms with Crippen molar-refractivity contribution in [1.82, 2.24) is 0 Å². The Labute approximate surface area is 113 Å². The van der Waals surface area contributed by atoms with Crippen molar-refractivity contribution >= 4 is 15.6 Å².